The molecule has 0 radical (unpaired) electrons. The number of hydrogen-bond donors (Lipinski definition) is 1. The molecule has 168 valence electrons. The number of likely N-dealkylation sites (tertiary alicyclic amines) is 1. The fraction of sp³-hybridized carbons (Fsp3) is 0.538. The second-order valence-electron chi connectivity index (χ2n) is 9.82. The Balaban J connectivity index is 1.68. The molecule has 2 aromatic rings. The first kappa shape index (κ1) is 23.3. The molecule has 1 amide bonds. The molecule has 1 aromatic heterocycles. The number of piperidine rings is 1. The highest BCUT2D eigenvalue weighted by Crippen LogP contribution is 2.32. The van der Waals surface area contributed by atoms with Gasteiger partial charge in [-0.05, 0) is 80.6 Å². The van der Waals surface area contributed by atoms with Gasteiger partial charge in [-0.2, -0.15) is 0 Å². The van der Waals surface area contributed by atoms with E-state index in [4.69, 9.17) is 4.74 Å². The van der Waals surface area contributed by atoms with Crippen LogP contribution < -0.4 is 10.1 Å². The molecule has 1 aromatic carbocycles. The van der Waals surface area contributed by atoms with Gasteiger partial charge in [0.1, 0.15) is 5.75 Å². The van der Waals surface area contributed by atoms with Crippen LogP contribution in [0.5, 0.6) is 5.75 Å². The number of pyridine rings is 1. The van der Waals surface area contributed by atoms with E-state index < -0.39 is 5.41 Å². The third kappa shape index (κ3) is 5.85. The fourth-order valence-corrected chi connectivity index (χ4v) is 4.28. The zero-order chi connectivity index (χ0) is 22.6. The van der Waals surface area contributed by atoms with Crippen molar-refractivity contribution < 1.29 is 9.53 Å². The van der Waals surface area contributed by atoms with Gasteiger partial charge in [0, 0.05) is 18.2 Å². The van der Waals surface area contributed by atoms with E-state index in [1.165, 1.54) is 16.7 Å². The van der Waals surface area contributed by atoms with Crippen LogP contribution in [0.2, 0.25) is 0 Å². The number of ether oxygens (including phenoxy) is 1. The van der Waals surface area contributed by atoms with Gasteiger partial charge in [0.15, 0.2) is 0 Å². The number of carbonyl (C=O) groups excluding carboxylic acids is 1. The van der Waals surface area contributed by atoms with Crippen LogP contribution in [-0.4, -0.2) is 36.0 Å². The van der Waals surface area contributed by atoms with Gasteiger partial charge < -0.3 is 10.1 Å². The van der Waals surface area contributed by atoms with Gasteiger partial charge in [-0.15, -0.1) is 0 Å². The first-order valence-electron chi connectivity index (χ1n) is 11.3. The summed E-state index contributed by atoms with van der Waals surface area (Å²) < 4.78 is 5.45. The van der Waals surface area contributed by atoms with Gasteiger partial charge in [0.2, 0.25) is 5.91 Å². The molecule has 0 unspecified atom stereocenters. The summed E-state index contributed by atoms with van der Waals surface area (Å²) in [6.07, 6.45) is 3.90. The summed E-state index contributed by atoms with van der Waals surface area (Å²) in [6, 6.07) is 10.3. The molecule has 1 atom stereocenters. The molecule has 0 saturated carbocycles. The number of rotatable bonds is 6. The van der Waals surface area contributed by atoms with Gasteiger partial charge >= 0.3 is 0 Å². The Hall–Kier alpha value is -2.40. The van der Waals surface area contributed by atoms with Crippen LogP contribution in [0.15, 0.2) is 36.5 Å². The third-order valence-electron chi connectivity index (χ3n) is 6.33. The first-order chi connectivity index (χ1) is 14.7. The Morgan fingerprint density at radius 2 is 1.90 bits per heavy atom. The summed E-state index contributed by atoms with van der Waals surface area (Å²) >= 11 is 0. The molecule has 5 nitrogen and oxygen atoms in total. The lowest BCUT2D eigenvalue weighted by Crippen LogP contribution is -2.44. The number of carbonyl (C=O) groups is 1. The molecule has 1 N–H and O–H groups in total. The summed E-state index contributed by atoms with van der Waals surface area (Å²) in [5, 5.41) is 3.30. The van der Waals surface area contributed by atoms with E-state index >= 15 is 0 Å². The SMILES string of the molecule is COc1cc(C)c(CN2CCC([C@H](NC(=O)C(C)(C)C)c3ccccn3)CC2)cc1C. The van der Waals surface area contributed by atoms with Crippen molar-refractivity contribution in [2.45, 2.75) is 60.0 Å². The molecule has 1 aliphatic rings. The van der Waals surface area contributed by atoms with Crippen molar-refractivity contribution in [3.8, 4) is 5.75 Å². The first-order valence-corrected chi connectivity index (χ1v) is 11.3. The summed E-state index contributed by atoms with van der Waals surface area (Å²) in [4.78, 5) is 19.9. The molecule has 31 heavy (non-hydrogen) atoms. The Kier molecular flexibility index (Phi) is 7.37. The largest absolute Gasteiger partial charge is 0.496 e. The summed E-state index contributed by atoms with van der Waals surface area (Å²) in [5.41, 5.74) is 4.35. The molecule has 3 rings (SSSR count). The maximum Gasteiger partial charge on any atom is 0.225 e. The maximum absolute atomic E-state index is 12.8. The lowest BCUT2D eigenvalue weighted by atomic mass is 9.85. The molecule has 0 bridgehead atoms. The van der Waals surface area contributed by atoms with Crippen LogP contribution in [-0.2, 0) is 11.3 Å². The van der Waals surface area contributed by atoms with Crippen LogP contribution in [0.1, 0.15) is 62.0 Å². The summed E-state index contributed by atoms with van der Waals surface area (Å²) in [5.74, 6) is 1.42. The van der Waals surface area contributed by atoms with Crippen LogP contribution in [0.4, 0.5) is 0 Å². The van der Waals surface area contributed by atoms with E-state index in [1.807, 2.05) is 45.2 Å². The van der Waals surface area contributed by atoms with Crippen molar-refractivity contribution in [1.29, 1.82) is 0 Å². The standard InChI is InChI=1S/C26H37N3O2/c1-18-16-23(31-6)19(2)15-21(18)17-29-13-10-20(11-14-29)24(22-9-7-8-12-27-22)28-25(30)26(3,4)5/h7-9,12,15-16,20,24H,10-11,13-14,17H2,1-6H3,(H,28,30)/t24-/m0/s1. The molecule has 1 saturated heterocycles. The Bertz CT molecular complexity index is 882. The van der Waals surface area contributed by atoms with Crippen molar-refractivity contribution in [1.82, 2.24) is 15.2 Å². The minimum Gasteiger partial charge on any atom is -0.496 e. The van der Waals surface area contributed by atoms with Crippen molar-refractivity contribution in [2.24, 2.45) is 11.3 Å². The average Bonchev–Trinajstić information content (AvgIpc) is 2.74. The number of aromatic nitrogens is 1. The number of amides is 1. The number of methoxy groups -OCH3 is 1. The Morgan fingerprint density at radius 1 is 1.19 bits per heavy atom. The number of benzene rings is 1. The molecule has 0 aliphatic carbocycles. The van der Waals surface area contributed by atoms with E-state index in [0.717, 1.165) is 43.9 Å². The van der Waals surface area contributed by atoms with E-state index in [1.54, 1.807) is 7.11 Å². The highest BCUT2D eigenvalue weighted by molar-refractivity contribution is 5.81. The fourth-order valence-electron chi connectivity index (χ4n) is 4.28. The molecular weight excluding hydrogens is 386 g/mol. The number of hydrogen-bond acceptors (Lipinski definition) is 4. The lowest BCUT2D eigenvalue weighted by molar-refractivity contribution is -0.129. The number of aryl methyl sites for hydroxylation is 2. The highest BCUT2D eigenvalue weighted by atomic mass is 16.5. The number of nitrogens with zero attached hydrogens (tertiary/aromatic N) is 2. The maximum atomic E-state index is 12.8. The zero-order valence-electron chi connectivity index (χ0n) is 19.9. The monoisotopic (exact) mass is 423 g/mol. The van der Waals surface area contributed by atoms with E-state index in [2.05, 4.69) is 41.2 Å². The van der Waals surface area contributed by atoms with E-state index in [-0.39, 0.29) is 11.9 Å². The summed E-state index contributed by atoms with van der Waals surface area (Å²) in [7, 11) is 1.72. The summed E-state index contributed by atoms with van der Waals surface area (Å²) in [6.45, 7) is 13.1. The second-order valence-corrected chi connectivity index (χ2v) is 9.82. The zero-order valence-corrected chi connectivity index (χ0v) is 19.9. The smallest absolute Gasteiger partial charge is 0.225 e. The van der Waals surface area contributed by atoms with Gasteiger partial charge in [-0.1, -0.05) is 32.9 Å². The van der Waals surface area contributed by atoms with Crippen LogP contribution in [0, 0.1) is 25.2 Å². The molecule has 2 heterocycles. The minimum absolute atomic E-state index is 0.0416. The Morgan fingerprint density at radius 3 is 2.48 bits per heavy atom. The van der Waals surface area contributed by atoms with Crippen LogP contribution >= 0.6 is 0 Å². The molecule has 5 heteroatoms. The predicted octanol–water partition coefficient (Wildman–Crippen LogP) is 4.82. The van der Waals surface area contributed by atoms with E-state index in [9.17, 15) is 4.79 Å². The lowest BCUT2D eigenvalue weighted by Gasteiger charge is -2.37. The van der Waals surface area contributed by atoms with Gasteiger partial charge in [-0.25, -0.2) is 0 Å². The number of nitrogens with one attached hydrogen (secondary N) is 1. The van der Waals surface area contributed by atoms with Crippen molar-refractivity contribution >= 4 is 5.91 Å². The second kappa shape index (κ2) is 9.82. The molecule has 1 aliphatic heterocycles. The van der Waals surface area contributed by atoms with Crippen molar-refractivity contribution in [3.63, 3.8) is 0 Å². The normalized spacial score (nSPS) is 16.7. The van der Waals surface area contributed by atoms with Crippen LogP contribution in [0.3, 0.4) is 0 Å². The quantitative estimate of drug-likeness (QED) is 0.724. The molecule has 1 fully saturated rings. The topological polar surface area (TPSA) is 54.5 Å². The predicted molar refractivity (Wildman–Crippen MR) is 125 cm³/mol. The van der Waals surface area contributed by atoms with Gasteiger partial charge in [-0.3, -0.25) is 14.7 Å². The minimum atomic E-state index is -0.419. The molecular formula is C26H37N3O2. The van der Waals surface area contributed by atoms with Crippen molar-refractivity contribution in [2.75, 3.05) is 20.2 Å². The molecule has 0 spiro atoms. The third-order valence-corrected chi connectivity index (χ3v) is 6.33. The van der Waals surface area contributed by atoms with Gasteiger partial charge in [0.25, 0.3) is 0 Å². The Labute approximate surface area is 187 Å². The highest BCUT2D eigenvalue weighted by Gasteiger charge is 2.32. The average molecular weight is 424 g/mol. The van der Waals surface area contributed by atoms with Gasteiger partial charge in [0.05, 0.1) is 18.8 Å². The van der Waals surface area contributed by atoms with Crippen molar-refractivity contribution in [3.05, 3.63) is 58.9 Å². The van der Waals surface area contributed by atoms with E-state index in [0.29, 0.717) is 5.92 Å². The van der Waals surface area contributed by atoms with Crippen LogP contribution in [0.25, 0.3) is 0 Å².